The molecule has 0 saturated carbocycles. The molecule has 2 aromatic carbocycles. The third kappa shape index (κ3) is 4.97. The van der Waals surface area contributed by atoms with Crippen LogP contribution in [0.25, 0.3) is 0 Å². The molecule has 0 atom stereocenters. The van der Waals surface area contributed by atoms with Gasteiger partial charge in [0.1, 0.15) is 0 Å². The summed E-state index contributed by atoms with van der Waals surface area (Å²) >= 11 is 4.25. The molecule has 1 nitrogen and oxygen atoms in total. The Balaban J connectivity index is 0.000000686. The molecular weight excluding hydrogens is 336 g/mol. The summed E-state index contributed by atoms with van der Waals surface area (Å²) in [5, 5.41) is 0. The number of halogens is 2. The van der Waals surface area contributed by atoms with Gasteiger partial charge in [0.2, 0.25) is 0 Å². The van der Waals surface area contributed by atoms with Crippen molar-refractivity contribution in [2.75, 3.05) is 0 Å². The van der Waals surface area contributed by atoms with Crippen molar-refractivity contribution in [3.05, 3.63) is 66.0 Å². The van der Waals surface area contributed by atoms with E-state index < -0.39 is 0 Å². The summed E-state index contributed by atoms with van der Waals surface area (Å²) in [6.07, 6.45) is 0. The number of rotatable bonds is 3. The van der Waals surface area contributed by atoms with Gasteiger partial charge in [-0.25, -0.2) is 4.39 Å². The second kappa shape index (κ2) is 8.38. The van der Waals surface area contributed by atoms with Gasteiger partial charge in [-0.1, -0.05) is 12.1 Å². The van der Waals surface area contributed by atoms with Gasteiger partial charge in [-0.2, -0.15) is 30.3 Å². The van der Waals surface area contributed by atoms with Gasteiger partial charge in [-0.3, -0.25) is 0 Å². The Hall–Kier alpha value is -0.727. The second-order valence-corrected chi connectivity index (χ2v) is 3.13. The van der Waals surface area contributed by atoms with Crippen LogP contribution in [-0.2, 0) is 22.9 Å². The van der Waals surface area contributed by atoms with Crippen LogP contribution in [0.4, 0.5) is 4.39 Å². The molecule has 0 N–H and O–H groups in total. The van der Waals surface area contributed by atoms with Crippen molar-refractivity contribution < 1.29 is 25.5 Å². The van der Waals surface area contributed by atoms with Gasteiger partial charge in [0, 0.05) is 0 Å². The van der Waals surface area contributed by atoms with Gasteiger partial charge in [0.05, 0.1) is 6.61 Å². The number of hydrogen-bond acceptors (Lipinski definition) is 1. The van der Waals surface area contributed by atoms with Crippen molar-refractivity contribution in [1.29, 1.82) is 0 Å². The van der Waals surface area contributed by atoms with Crippen molar-refractivity contribution in [2.24, 2.45) is 0 Å². The van der Waals surface area contributed by atoms with Crippen LogP contribution in [0.15, 0.2) is 48.5 Å². The Labute approximate surface area is 117 Å². The van der Waals surface area contributed by atoms with Gasteiger partial charge in [-0.15, -0.1) is 5.56 Å². The molecule has 0 bridgehead atoms. The van der Waals surface area contributed by atoms with E-state index in [0.29, 0.717) is 6.61 Å². The molecule has 0 heterocycles. The van der Waals surface area contributed by atoms with Crippen molar-refractivity contribution in [3.63, 3.8) is 0 Å². The molecular formula is C13H10BrFOZn. The van der Waals surface area contributed by atoms with Crippen LogP contribution in [0.3, 0.4) is 0 Å². The predicted molar refractivity (Wildman–Crippen MR) is 64.9 cm³/mol. The number of ether oxygens (including phenoxy) is 1. The summed E-state index contributed by atoms with van der Waals surface area (Å²) in [5.41, 5.74) is 0.973. The molecule has 0 saturated heterocycles. The Morgan fingerprint density at radius 2 is 1.94 bits per heavy atom. The van der Waals surface area contributed by atoms with E-state index in [2.05, 4.69) is 19.7 Å². The van der Waals surface area contributed by atoms with Crippen molar-refractivity contribution in [3.8, 4) is 5.75 Å². The van der Waals surface area contributed by atoms with Gasteiger partial charge in [-0.05, 0) is 12.1 Å². The minimum atomic E-state index is -0.336. The summed E-state index contributed by atoms with van der Waals surface area (Å²) < 4.78 is 18.5. The van der Waals surface area contributed by atoms with E-state index >= 15 is 0 Å². The first kappa shape index (κ1) is 14.3. The first-order valence-electron chi connectivity index (χ1n) is 4.95. The summed E-state index contributed by atoms with van der Waals surface area (Å²) in [7, 11) is 0. The molecule has 2 aromatic rings. The van der Waals surface area contributed by atoms with E-state index in [1.54, 1.807) is 18.2 Å². The standard InChI is InChI=1S/C13H10FO.BrH.Zn/c14-12-8-4-5-9-13(12)15-10-11-6-2-1-3-7-11;;/h1-2,4-9H,10H2;1H;/q-1;;+2/p-1. The predicted octanol–water partition coefficient (Wildman–Crippen LogP) is 4.05. The van der Waals surface area contributed by atoms with Crippen LogP contribution in [0.2, 0.25) is 0 Å². The first-order valence-corrected chi connectivity index (χ1v) is 11.9. The van der Waals surface area contributed by atoms with Gasteiger partial charge in [0.25, 0.3) is 0 Å². The molecule has 2 rings (SSSR count). The van der Waals surface area contributed by atoms with Crippen LogP contribution in [0, 0.1) is 11.9 Å². The molecule has 4 heteroatoms. The normalized spacial score (nSPS) is 9.18. The fraction of sp³-hybridized carbons (Fsp3) is 0.0769. The Kier molecular flexibility index (Phi) is 7.06. The minimum absolute atomic E-state index is 0.279. The Morgan fingerprint density at radius 3 is 2.59 bits per heavy atom. The van der Waals surface area contributed by atoms with Gasteiger partial charge < -0.3 is 4.74 Å². The zero-order valence-electron chi connectivity index (χ0n) is 9.20. The molecule has 0 spiro atoms. The van der Waals surface area contributed by atoms with E-state index in [4.69, 9.17) is 4.74 Å². The topological polar surface area (TPSA) is 9.23 Å². The van der Waals surface area contributed by atoms with Crippen LogP contribution in [0.5, 0.6) is 5.75 Å². The number of para-hydroxylation sites is 1. The third-order valence-corrected chi connectivity index (χ3v) is 2.00. The summed E-state index contributed by atoms with van der Waals surface area (Å²) in [4.78, 5) is 0. The van der Waals surface area contributed by atoms with Gasteiger partial charge in [0.15, 0.2) is 11.6 Å². The number of benzene rings is 2. The summed E-state index contributed by atoms with van der Waals surface area (Å²) in [5.74, 6) is -0.0567. The van der Waals surface area contributed by atoms with E-state index in [0.717, 1.165) is 5.56 Å². The average molecular weight is 347 g/mol. The quantitative estimate of drug-likeness (QED) is 0.602. The van der Waals surface area contributed by atoms with E-state index in [1.165, 1.54) is 22.4 Å². The molecule has 0 unspecified atom stereocenters. The van der Waals surface area contributed by atoms with E-state index in [9.17, 15) is 4.39 Å². The van der Waals surface area contributed by atoms with Gasteiger partial charge >= 0.3 is 30.0 Å². The fourth-order valence-corrected chi connectivity index (χ4v) is 1.24. The van der Waals surface area contributed by atoms with E-state index in [1.807, 2.05) is 24.3 Å². The molecule has 0 aliphatic heterocycles. The van der Waals surface area contributed by atoms with Crippen molar-refractivity contribution in [2.45, 2.75) is 6.61 Å². The monoisotopic (exact) mass is 344 g/mol. The third-order valence-electron chi connectivity index (χ3n) is 2.00. The molecule has 0 aromatic heterocycles. The zero-order valence-corrected chi connectivity index (χ0v) is 13.8. The molecule has 0 aliphatic carbocycles. The summed E-state index contributed by atoms with van der Waals surface area (Å²) in [6, 6.07) is 16.7. The van der Waals surface area contributed by atoms with Crippen molar-refractivity contribution in [1.82, 2.24) is 0 Å². The molecule has 0 aliphatic rings. The first-order chi connectivity index (χ1) is 8.36. The average Bonchev–Trinajstić information content (AvgIpc) is 2.41. The SMILES string of the molecule is Fc1ccccc1OCc1c[c-]ccc1.[Zn+][Br]. The fourth-order valence-electron chi connectivity index (χ4n) is 1.24. The second-order valence-electron chi connectivity index (χ2n) is 3.13. The zero-order chi connectivity index (χ0) is 12.5. The molecule has 0 radical (unpaired) electrons. The van der Waals surface area contributed by atoms with Crippen LogP contribution in [-0.4, -0.2) is 0 Å². The van der Waals surface area contributed by atoms with Crippen molar-refractivity contribution >= 4 is 13.6 Å². The van der Waals surface area contributed by atoms with Crippen LogP contribution in [0.1, 0.15) is 5.56 Å². The number of hydrogen-bond donors (Lipinski definition) is 0. The maximum atomic E-state index is 13.2. The van der Waals surface area contributed by atoms with Crippen LogP contribution >= 0.6 is 13.6 Å². The maximum absolute atomic E-state index is 13.2. The molecule has 17 heavy (non-hydrogen) atoms. The van der Waals surface area contributed by atoms with E-state index in [-0.39, 0.29) is 11.6 Å². The Bertz CT molecular complexity index is 436. The molecule has 0 fully saturated rings. The Morgan fingerprint density at radius 1 is 1.18 bits per heavy atom. The molecule has 84 valence electrons. The molecule has 0 amide bonds. The van der Waals surface area contributed by atoms with Crippen LogP contribution < -0.4 is 4.74 Å². The summed E-state index contributed by atoms with van der Waals surface area (Å²) in [6.45, 7) is 0.359.